The van der Waals surface area contributed by atoms with Crippen LogP contribution in [0.5, 0.6) is 0 Å². The van der Waals surface area contributed by atoms with Crippen molar-refractivity contribution in [3.05, 3.63) is 0 Å². The van der Waals surface area contributed by atoms with E-state index in [2.05, 4.69) is 19.2 Å². The number of carbonyl (C=O) groups excluding carboxylic acids is 1. The lowest BCUT2D eigenvalue weighted by Crippen LogP contribution is -2.53. The summed E-state index contributed by atoms with van der Waals surface area (Å²) in [5, 5.41) is 43.7. The number of hydrogen-bond acceptors (Lipinski definition) is 5. The largest absolute Gasteiger partial charge is 0.394 e. The number of nitrogens with one attached hydrogen (secondary N) is 1. The minimum absolute atomic E-state index is 0.376. The molecule has 5 N–H and O–H groups in total. The summed E-state index contributed by atoms with van der Waals surface area (Å²) in [6.45, 7) is 4.06. The maximum atomic E-state index is 12.5. The zero-order valence-electron chi connectivity index (χ0n) is 35.8. The molecule has 0 fully saturated rings. The molecule has 0 bridgehead atoms. The van der Waals surface area contributed by atoms with Crippen LogP contribution in [0.3, 0.4) is 0 Å². The quantitative estimate of drug-likeness (QED) is 0.0398. The fourth-order valence-corrected chi connectivity index (χ4v) is 7.76. The van der Waals surface area contributed by atoms with E-state index in [0.29, 0.717) is 12.8 Å². The summed E-state index contributed by atoms with van der Waals surface area (Å²) >= 11 is 0. The number of carbonyl (C=O) groups is 1. The van der Waals surface area contributed by atoms with Crippen molar-refractivity contribution < 1.29 is 25.2 Å². The normalized spacial score (nSPS) is 14.0. The van der Waals surface area contributed by atoms with Gasteiger partial charge in [-0.1, -0.05) is 251 Å². The average molecular weight is 754 g/mol. The second kappa shape index (κ2) is 42.5. The first-order valence-corrected chi connectivity index (χ1v) is 23.9. The van der Waals surface area contributed by atoms with Crippen LogP contribution in [-0.2, 0) is 4.79 Å². The molecule has 6 heteroatoms. The van der Waals surface area contributed by atoms with Gasteiger partial charge >= 0.3 is 0 Å². The third-order valence-corrected chi connectivity index (χ3v) is 11.6. The molecule has 318 valence electrons. The van der Waals surface area contributed by atoms with Gasteiger partial charge in [-0.2, -0.15) is 0 Å². The van der Waals surface area contributed by atoms with Crippen LogP contribution in [0.2, 0.25) is 0 Å². The lowest BCUT2D eigenvalue weighted by Gasteiger charge is -2.27. The summed E-state index contributed by atoms with van der Waals surface area (Å²) in [6, 6.07) is -0.978. The minimum Gasteiger partial charge on any atom is -0.394 e. The van der Waals surface area contributed by atoms with E-state index >= 15 is 0 Å². The fraction of sp³-hybridized carbons (Fsp3) is 0.979. The van der Waals surface area contributed by atoms with Crippen LogP contribution < -0.4 is 5.32 Å². The van der Waals surface area contributed by atoms with Crippen LogP contribution in [0, 0.1) is 0 Å². The van der Waals surface area contributed by atoms with Gasteiger partial charge in [-0.3, -0.25) is 4.79 Å². The molecule has 0 saturated carbocycles. The van der Waals surface area contributed by atoms with Gasteiger partial charge in [0.2, 0.25) is 5.91 Å². The third kappa shape index (κ3) is 36.7. The topological polar surface area (TPSA) is 110 Å². The van der Waals surface area contributed by atoms with Crippen LogP contribution >= 0.6 is 0 Å². The van der Waals surface area contributed by atoms with Crippen molar-refractivity contribution in [3.8, 4) is 0 Å². The Morgan fingerprint density at radius 1 is 0.396 bits per heavy atom. The predicted molar refractivity (Wildman–Crippen MR) is 228 cm³/mol. The Bertz CT molecular complexity index is 721. The van der Waals surface area contributed by atoms with Gasteiger partial charge in [0.25, 0.3) is 0 Å². The van der Waals surface area contributed by atoms with E-state index in [-0.39, 0.29) is 0 Å². The lowest BCUT2D eigenvalue weighted by molar-refractivity contribution is -0.132. The SMILES string of the molecule is CCCCCCCCCCCCCCCCCCCCCCCCCCCC(O)C(=O)N[C@H](CO)[C@H](O)C(O)CCCCCCCCCCCCCC. The van der Waals surface area contributed by atoms with Crippen molar-refractivity contribution in [1.82, 2.24) is 5.32 Å². The zero-order chi connectivity index (χ0) is 38.9. The van der Waals surface area contributed by atoms with Crippen LogP contribution in [0.15, 0.2) is 0 Å². The van der Waals surface area contributed by atoms with Gasteiger partial charge in [0.15, 0.2) is 0 Å². The highest BCUT2D eigenvalue weighted by molar-refractivity contribution is 5.80. The lowest BCUT2D eigenvalue weighted by atomic mass is 9.99. The van der Waals surface area contributed by atoms with Crippen molar-refractivity contribution in [2.24, 2.45) is 0 Å². The smallest absolute Gasteiger partial charge is 0.249 e. The van der Waals surface area contributed by atoms with Gasteiger partial charge in [-0.25, -0.2) is 0 Å². The maximum absolute atomic E-state index is 12.5. The summed E-state index contributed by atoms with van der Waals surface area (Å²) in [4.78, 5) is 12.5. The van der Waals surface area contributed by atoms with Crippen LogP contribution in [-0.4, -0.2) is 57.3 Å². The zero-order valence-corrected chi connectivity index (χ0v) is 35.8. The molecule has 0 spiro atoms. The molecular formula is C47H95NO5. The van der Waals surface area contributed by atoms with Crippen molar-refractivity contribution in [2.75, 3.05) is 6.61 Å². The number of amides is 1. The van der Waals surface area contributed by atoms with Crippen molar-refractivity contribution >= 4 is 5.91 Å². The number of hydrogen-bond donors (Lipinski definition) is 5. The van der Waals surface area contributed by atoms with E-state index < -0.39 is 36.9 Å². The van der Waals surface area contributed by atoms with Gasteiger partial charge in [-0.15, -0.1) is 0 Å². The molecule has 0 heterocycles. The molecule has 0 aromatic rings. The van der Waals surface area contributed by atoms with E-state index in [9.17, 15) is 25.2 Å². The van der Waals surface area contributed by atoms with Gasteiger partial charge in [-0.05, 0) is 12.8 Å². The molecule has 0 aromatic carbocycles. The molecule has 1 amide bonds. The van der Waals surface area contributed by atoms with E-state index in [4.69, 9.17) is 0 Å². The number of aliphatic hydroxyl groups excluding tert-OH is 4. The second-order valence-corrected chi connectivity index (χ2v) is 16.8. The Kier molecular flexibility index (Phi) is 41.9. The number of rotatable bonds is 44. The molecule has 4 atom stereocenters. The molecular weight excluding hydrogens is 659 g/mol. The first-order chi connectivity index (χ1) is 26.0. The predicted octanol–water partition coefficient (Wildman–Crippen LogP) is 12.8. The Balaban J connectivity index is 3.60. The monoisotopic (exact) mass is 754 g/mol. The molecule has 0 aliphatic heterocycles. The molecule has 0 aliphatic rings. The van der Waals surface area contributed by atoms with Crippen LogP contribution in [0.4, 0.5) is 0 Å². The van der Waals surface area contributed by atoms with E-state index in [1.807, 2.05) is 0 Å². The summed E-state index contributed by atoms with van der Waals surface area (Å²) in [5.41, 5.74) is 0. The molecule has 6 nitrogen and oxygen atoms in total. The Morgan fingerprint density at radius 2 is 0.642 bits per heavy atom. The van der Waals surface area contributed by atoms with Gasteiger partial charge in [0.1, 0.15) is 12.2 Å². The summed E-state index contributed by atoms with van der Waals surface area (Å²) in [7, 11) is 0. The molecule has 0 rings (SSSR count). The van der Waals surface area contributed by atoms with Crippen LogP contribution in [0.25, 0.3) is 0 Å². The third-order valence-electron chi connectivity index (χ3n) is 11.6. The Morgan fingerprint density at radius 3 is 0.906 bits per heavy atom. The van der Waals surface area contributed by atoms with Crippen molar-refractivity contribution in [1.29, 1.82) is 0 Å². The van der Waals surface area contributed by atoms with E-state index in [0.717, 1.165) is 38.5 Å². The van der Waals surface area contributed by atoms with Crippen LogP contribution in [0.1, 0.15) is 264 Å². The average Bonchev–Trinajstić information content (AvgIpc) is 3.16. The van der Waals surface area contributed by atoms with E-state index in [1.165, 1.54) is 199 Å². The highest BCUT2D eigenvalue weighted by atomic mass is 16.3. The second-order valence-electron chi connectivity index (χ2n) is 16.8. The fourth-order valence-electron chi connectivity index (χ4n) is 7.76. The molecule has 0 saturated heterocycles. The first-order valence-electron chi connectivity index (χ1n) is 23.9. The molecule has 2 unspecified atom stereocenters. The van der Waals surface area contributed by atoms with Gasteiger partial charge in [0.05, 0.1) is 18.8 Å². The maximum Gasteiger partial charge on any atom is 0.249 e. The molecule has 53 heavy (non-hydrogen) atoms. The number of unbranched alkanes of at least 4 members (excludes halogenated alkanes) is 35. The highest BCUT2D eigenvalue weighted by Crippen LogP contribution is 2.18. The van der Waals surface area contributed by atoms with Crippen molar-refractivity contribution in [2.45, 2.75) is 289 Å². The van der Waals surface area contributed by atoms with Gasteiger partial charge in [0, 0.05) is 0 Å². The summed E-state index contributed by atoms with van der Waals surface area (Å²) in [5.74, 6) is -0.579. The summed E-state index contributed by atoms with van der Waals surface area (Å²) < 4.78 is 0. The molecule has 0 radical (unpaired) electrons. The molecule has 0 aromatic heterocycles. The Labute approximate surface area is 330 Å². The highest BCUT2D eigenvalue weighted by Gasteiger charge is 2.28. The van der Waals surface area contributed by atoms with Gasteiger partial charge < -0.3 is 25.7 Å². The minimum atomic E-state index is -1.25. The van der Waals surface area contributed by atoms with E-state index in [1.54, 1.807) is 0 Å². The summed E-state index contributed by atoms with van der Waals surface area (Å²) in [6.07, 6.45) is 45.8. The standard InChI is InChI=1S/C47H95NO5/c1-3-5-7-9-11-13-15-17-18-19-20-21-22-23-24-25-26-27-28-29-31-33-35-37-39-41-45(51)47(53)48-43(42-49)46(52)44(50)40-38-36-34-32-30-16-14-12-10-8-6-4-2/h43-46,49-52H,3-42H2,1-2H3,(H,48,53)/t43-,44?,45?,46+/m1/s1. The van der Waals surface area contributed by atoms with Crippen molar-refractivity contribution in [3.63, 3.8) is 0 Å². The Hall–Kier alpha value is -0.690. The first kappa shape index (κ1) is 52.3. The number of aliphatic hydroxyl groups is 4. The molecule has 0 aliphatic carbocycles.